The summed E-state index contributed by atoms with van der Waals surface area (Å²) in [4.78, 5) is 2.55. The van der Waals surface area contributed by atoms with E-state index in [1.54, 1.807) is 0 Å². The number of nitriles is 1. The summed E-state index contributed by atoms with van der Waals surface area (Å²) >= 11 is 0. The van der Waals surface area contributed by atoms with Crippen LogP contribution >= 0.6 is 0 Å². The molecule has 3 nitrogen and oxygen atoms in total. The van der Waals surface area contributed by atoms with Gasteiger partial charge in [0.2, 0.25) is 0 Å². The van der Waals surface area contributed by atoms with Gasteiger partial charge in [-0.2, -0.15) is 5.26 Å². The van der Waals surface area contributed by atoms with Gasteiger partial charge in [0.15, 0.2) is 0 Å². The third-order valence-corrected chi connectivity index (χ3v) is 3.49. The van der Waals surface area contributed by atoms with E-state index < -0.39 is 0 Å². The van der Waals surface area contributed by atoms with Gasteiger partial charge in [-0.3, -0.25) is 4.90 Å². The summed E-state index contributed by atoms with van der Waals surface area (Å²) < 4.78 is 0. The molecule has 1 saturated heterocycles. The first kappa shape index (κ1) is 14.1. The van der Waals surface area contributed by atoms with Gasteiger partial charge in [-0.15, -0.1) is 0 Å². The highest BCUT2D eigenvalue weighted by molar-refractivity contribution is 5.32. The maximum absolute atomic E-state index is 6.88. The molecule has 20 heavy (non-hydrogen) atoms. The molecule has 0 aromatic heterocycles. The third-order valence-electron chi connectivity index (χ3n) is 3.49. The van der Waals surface area contributed by atoms with Crippen molar-refractivity contribution in [1.29, 1.82) is 5.26 Å². The van der Waals surface area contributed by atoms with Crippen molar-refractivity contribution in [2.45, 2.75) is 12.5 Å². The van der Waals surface area contributed by atoms with Crippen LogP contribution < -0.4 is 0 Å². The standard InChI is InChI=1S/C16H17N.CHNO/c1-3-8-14(9-4-1)16(17-12-7-13-17)15-10-5-2-6-11-15;2-1-3/h1-6,8-11,16H,7,12-13H2;3H. The normalized spacial score (nSPS) is 13.8. The lowest BCUT2D eigenvalue weighted by atomic mass is 9.95. The summed E-state index contributed by atoms with van der Waals surface area (Å²) in [5, 5.41) is 13.8. The van der Waals surface area contributed by atoms with Crippen molar-refractivity contribution in [2.24, 2.45) is 0 Å². The molecule has 102 valence electrons. The Hall–Kier alpha value is -2.31. The minimum atomic E-state index is 0.436. The molecule has 1 aliphatic rings. The maximum atomic E-state index is 6.88. The van der Waals surface area contributed by atoms with Gasteiger partial charge in [-0.1, -0.05) is 60.7 Å². The van der Waals surface area contributed by atoms with E-state index in [-0.39, 0.29) is 0 Å². The van der Waals surface area contributed by atoms with E-state index in [9.17, 15) is 0 Å². The predicted octanol–water partition coefficient (Wildman–Crippen LogP) is 3.32. The molecular formula is C17H18N2O. The van der Waals surface area contributed by atoms with Crippen LogP contribution in [-0.4, -0.2) is 23.1 Å². The van der Waals surface area contributed by atoms with Crippen molar-refractivity contribution in [3.05, 3.63) is 71.8 Å². The number of aliphatic hydroxyl groups is 1. The summed E-state index contributed by atoms with van der Waals surface area (Å²) in [6.45, 7) is 2.43. The number of rotatable bonds is 3. The third kappa shape index (κ3) is 3.37. The average Bonchev–Trinajstić information content (AvgIpc) is 2.45. The highest BCUT2D eigenvalue weighted by Gasteiger charge is 2.26. The molecule has 1 aliphatic heterocycles. The predicted molar refractivity (Wildman–Crippen MR) is 78.5 cm³/mol. The molecule has 0 amide bonds. The van der Waals surface area contributed by atoms with Crippen molar-refractivity contribution < 1.29 is 5.11 Å². The molecule has 3 heteroatoms. The minimum absolute atomic E-state index is 0.436. The molecule has 0 spiro atoms. The van der Waals surface area contributed by atoms with E-state index in [0.717, 1.165) is 6.26 Å². The molecule has 3 rings (SSSR count). The second kappa shape index (κ2) is 7.32. The summed E-state index contributed by atoms with van der Waals surface area (Å²) in [5.41, 5.74) is 2.80. The molecule has 0 saturated carbocycles. The molecule has 1 N–H and O–H groups in total. The Balaban J connectivity index is 0.000000452. The molecule has 0 atom stereocenters. The van der Waals surface area contributed by atoms with Crippen LogP contribution in [0.3, 0.4) is 0 Å². The fourth-order valence-corrected chi connectivity index (χ4v) is 2.48. The minimum Gasteiger partial charge on any atom is -0.443 e. The Morgan fingerprint density at radius 2 is 1.30 bits per heavy atom. The van der Waals surface area contributed by atoms with Crippen LogP contribution in [0.5, 0.6) is 0 Å². The SMILES string of the molecule is N#CO.c1ccc(C(c2ccccc2)N2CCC2)cc1. The van der Waals surface area contributed by atoms with E-state index >= 15 is 0 Å². The highest BCUT2D eigenvalue weighted by atomic mass is 16.2. The highest BCUT2D eigenvalue weighted by Crippen LogP contribution is 2.31. The number of hydrogen-bond donors (Lipinski definition) is 1. The molecule has 0 unspecified atom stereocenters. The van der Waals surface area contributed by atoms with E-state index in [0.29, 0.717) is 6.04 Å². The summed E-state index contributed by atoms with van der Waals surface area (Å²) in [5.74, 6) is 0. The zero-order valence-electron chi connectivity index (χ0n) is 11.3. The van der Waals surface area contributed by atoms with Gasteiger partial charge in [0, 0.05) is 13.1 Å². The van der Waals surface area contributed by atoms with E-state index in [1.807, 2.05) is 0 Å². The zero-order valence-corrected chi connectivity index (χ0v) is 11.3. The Bertz CT molecular complexity index is 505. The number of aliphatic hydroxyl groups excluding tert-OH is 1. The molecule has 0 bridgehead atoms. The van der Waals surface area contributed by atoms with Gasteiger partial charge in [0.25, 0.3) is 6.26 Å². The summed E-state index contributed by atoms with van der Waals surface area (Å²) in [6.07, 6.45) is 2.08. The number of likely N-dealkylation sites (tertiary alicyclic amines) is 1. The Morgan fingerprint density at radius 1 is 0.900 bits per heavy atom. The molecule has 2 aromatic rings. The van der Waals surface area contributed by atoms with Crippen LogP contribution in [0, 0.1) is 11.5 Å². The lowest BCUT2D eigenvalue weighted by Gasteiger charge is -2.39. The molecule has 0 aliphatic carbocycles. The van der Waals surface area contributed by atoms with E-state index in [1.165, 1.54) is 30.6 Å². The van der Waals surface area contributed by atoms with Gasteiger partial charge in [0.05, 0.1) is 6.04 Å². The second-order valence-corrected chi connectivity index (χ2v) is 4.71. The molecule has 1 heterocycles. The fraction of sp³-hybridized carbons (Fsp3) is 0.235. The lowest BCUT2D eigenvalue weighted by Crippen LogP contribution is -2.40. The number of benzene rings is 2. The Kier molecular flexibility index (Phi) is 5.16. The number of nitrogens with zero attached hydrogens (tertiary/aromatic N) is 2. The first-order valence-corrected chi connectivity index (χ1v) is 6.74. The Morgan fingerprint density at radius 3 is 1.60 bits per heavy atom. The van der Waals surface area contributed by atoms with Crippen LogP contribution in [0.15, 0.2) is 60.7 Å². The fourth-order valence-electron chi connectivity index (χ4n) is 2.48. The van der Waals surface area contributed by atoms with Crippen LogP contribution in [0.4, 0.5) is 0 Å². The molecule has 1 fully saturated rings. The topological polar surface area (TPSA) is 47.3 Å². The largest absolute Gasteiger partial charge is 0.443 e. The van der Waals surface area contributed by atoms with Crippen molar-refractivity contribution in [1.82, 2.24) is 4.90 Å². The van der Waals surface area contributed by atoms with Crippen LogP contribution in [-0.2, 0) is 0 Å². The first-order valence-electron chi connectivity index (χ1n) is 6.74. The molecule has 2 aromatic carbocycles. The summed E-state index contributed by atoms with van der Waals surface area (Å²) in [7, 11) is 0. The first-order chi connectivity index (χ1) is 9.86. The smallest absolute Gasteiger partial charge is 0.283 e. The van der Waals surface area contributed by atoms with Crippen LogP contribution in [0.1, 0.15) is 23.6 Å². The van der Waals surface area contributed by atoms with Crippen molar-refractivity contribution in [3.63, 3.8) is 0 Å². The van der Waals surface area contributed by atoms with Gasteiger partial charge in [-0.25, -0.2) is 0 Å². The molecular weight excluding hydrogens is 248 g/mol. The van der Waals surface area contributed by atoms with Crippen molar-refractivity contribution in [2.75, 3.05) is 13.1 Å². The van der Waals surface area contributed by atoms with Gasteiger partial charge < -0.3 is 5.11 Å². The van der Waals surface area contributed by atoms with Crippen LogP contribution in [0.2, 0.25) is 0 Å². The monoisotopic (exact) mass is 266 g/mol. The molecule has 0 radical (unpaired) electrons. The quantitative estimate of drug-likeness (QED) is 0.867. The lowest BCUT2D eigenvalue weighted by molar-refractivity contribution is 0.140. The van der Waals surface area contributed by atoms with Crippen molar-refractivity contribution in [3.8, 4) is 6.26 Å². The maximum Gasteiger partial charge on any atom is 0.283 e. The van der Waals surface area contributed by atoms with Gasteiger partial charge in [0.1, 0.15) is 0 Å². The number of hydrogen-bond acceptors (Lipinski definition) is 3. The second-order valence-electron chi connectivity index (χ2n) is 4.71. The Labute approximate surface area is 119 Å². The van der Waals surface area contributed by atoms with Gasteiger partial charge in [-0.05, 0) is 17.5 Å². The average molecular weight is 266 g/mol. The summed E-state index contributed by atoms with van der Waals surface area (Å²) in [6, 6.07) is 22.1. The van der Waals surface area contributed by atoms with Crippen molar-refractivity contribution >= 4 is 0 Å². The van der Waals surface area contributed by atoms with E-state index in [4.69, 9.17) is 10.4 Å². The van der Waals surface area contributed by atoms with E-state index in [2.05, 4.69) is 65.6 Å². The van der Waals surface area contributed by atoms with Gasteiger partial charge >= 0.3 is 0 Å². The zero-order chi connectivity index (χ0) is 14.2. The van der Waals surface area contributed by atoms with Crippen LogP contribution in [0.25, 0.3) is 0 Å².